The Balaban J connectivity index is 2.97. The maximum Gasteiger partial charge on any atom is 0.0466 e. The summed E-state index contributed by atoms with van der Waals surface area (Å²) in [5.41, 5.74) is 5.44. The fourth-order valence-corrected chi connectivity index (χ4v) is 1.17. The number of unbranched alkanes of at least 4 members (excludes halogenated alkanes) is 1. The summed E-state index contributed by atoms with van der Waals surface area (Å²) in [7, 11) is 0. The van der Waals surface area contributed by atoms with Crippen molar-refractivity contribution in [2.45, 2.75) is 39.2 Å². The maximum absolute atomic E-state index is 5.44. The van der Waals surface area contributed by atoms with Crippen LogP contribution in [0.3, 0.4) is 0 Å². The first-order valence-corrected chi connectivity index (χ1v) is 5.32. The Kier molecular flexibility index (Phi) is 9.87. The van der Waals surface area contributed by atoms with Crippen molar-refractivity contribution in [3.05, 3.63) is 0 Å². The van der Waals surface area contributed by atoms with Crippen LogP contribution in [-0.2, 0) is 4.74 Å². The second-order valence-corrected chi connectivity index (χ2v) is 3.34. The number of ether oxygens (including phenoxy) is 1. The average molecular weight is 188 g/mol. The predicted octanol–water partition coefficient (Wildman–Crippen LogP) is 1.13. The molecule has 0 bridgehead atoms. The van der Waals surface area contributed by atoms with Gasteiger partial charge >= 0.3 is 0 Å². The van der Waals surface area contributed by atoms with Gasteiger partial charge in [-0.2, -0.15) is 0 Å². The summed E-state index contributed by atoms with van der Waals surface area (Å²) in [5.74, 6) is 0. The highest BCUT2D eigenvalue weighted by Gasteiger charge is 1.97. The van der Waals surface area contributed by atoms with Gasteiger partial charge in [0.05, 0.1) is 0 Å². The SMILES string of the molecule is CCOCCCCNC(C)CCN. The van der Waals surface area contributed by atoms with Crippen molar-refractivity contribution < 1.29 is 4.74 Å². The van der Waals surface area contributed by atoms with Gasteiger partial charge in [-0.1, -0.05) is 0 Å². The lowest BCUT2D eigenvalue weighted by molar-refractivity contribution is 0.143. The minimum absolute atomic E-state index is 0.553. The molecule has 0 aliphatic rings. The van der Waals surface area contributed by atoms with E-state index in [1.165, 1.54) is 6.42 Å². The fourth-order valence-electron chi connectivity index (χ4n) is 1.17. The Labute approximate surface area is 82.0 Å². The van der Waals surface area contributed by atoms with E-state index in [4.69, 9.17) is 10.5 Å². The first kappa shape index (κ1) is 12.9. The first-order chi connectivity index (χ1) is 6.31. The molecule has 3 heteroatoms. The number of nitrogens with two attached hydrogens (primary N) is 1. The monoisotopic (exact) mass is 188 g/mol. The number of hydrogen-bond donors (Lipinski definition) is 2. The highest BCUT2D eigenvalue weighted by Crippen LogP contribution is 1.91. The molecule has 0 radical (unpaired) electrons. The highest BCUT2D eigenvalue weighted by molar-refractivity contribution is 4.60. The zero-order valence-corrected chi connectivity index (χ0v) is 9.01. The van der Waals surface area contributed by atoms with Crippen LogP contribution >= 0.6 is 0 Å². The molecule has 0 saturated carbocycles. The van der Waals surface area contributed by atoms with Gasteiger partial charge in [-0.3, -0.25) is 0 Å². The van der Waals surface area contributed by atoms with E-state index in [1.54, 1.807) is 0 Å². The van der Waals surface area contributed by atoms with Crippen molar-refractivity contribution in [3.8, 4) is 0 Å². The lowest BCUT2D eigenvalue weighted by Gasteiger charge is -2.11. The predicted molar refractivity (Wildman–Crippen MR) is 56.9 cm³/mol. The summed E-state index contributed by atoms with van der Waals surface area (Å²) in [4.78, 5) is 0. The molecule has 3 nitrogen and oxygen atoms in total. The van der Waals surface area contributed by atoms with Crippen LogP contribution < -0.4 is 11.1 Å². The van der Waals surface area contributed by atoms with E-state index in [-0.39, 0.29) is 0 Å². The van der Waals surface area contributed by atoms with E-state index in [0.29, 0.717) is 6.04 Å². The van der Waals surface area contributed by atoms with E-state index in [0.717, 1.165) is 39.1 Å². The lowest BCUT2D eigenvalue weighted by Crippen LogP contribution is -2.29. The molecule has 1 atom stereocenters. The van der Waals surface area contributed by atoms with Crippen molar-refractivity contribution >= 4 is 0 Å². The molecule has 3 N–H and O–H groups in total. The molecule has 0 saturated heterocycles. The van der Waals surface area contributed by atoms with Gasteiger partial charge in [-0.15, -0.1) is 0 Å². The first-order valence-electron chi connectivity index (χ1n) is 5.32. The van der Waals surface area contributed by atoms with Crippen molar-refractivity contribution in [1.29, 1.82) is 0 Å². The summed E-state index contributed by atoms with van der Waals surface area (Å²) in [6, 6.07) is 0.553. The molecule has 0 aromatic rings. The molecule has 80 valence electrons. The van der Waals surface area contributed by atoms with Crippen molar-refractivity contribution in [3.63, 3.8) is 0 Å². The van der Waals surface area contributed by atoms with Gasteiger partial charge in [0.25, 0.3) is 0 Å². The maximum atomic E-state index is 5.44. The molecular weight excluding hydrogens is 164 g/mol. The largest absolute Gasteiger partial charge is 0.382 e. The molecule has 0 spiro atoms. The molecule has 0 aliphatic carbocycles. The van der Waals surface area contributed by atoms with Gasteiger partial charge in [0.15, 0.2) is 0 Å². The molecule has 13 heavy (non-hydrogen) atoms. The van der Waals surface area contributed by atoms with E-state index in [2.05, 4.69) is 12.2 Å². The molecule has 0 rings (SSSR count). The van der Waals surface area contributed by atoms with Crippen LogP contribution in [0.4, 0.5) is 0 Å². The number of hydrogen-bond acceptors (Lipinski definition) is 3. The van der Waals surface area contributed by atoms with Crippen LogP contribution in [0.15, 0.2) is 0 Å². The summed E-state index contributed by atoms with van der Waals surface area (Å²) in [6.07, 6.45) is 3.40. The van der Waals surface area contributed by atoms with Crippen LogP contribution in [0.1, 0.15) is 33.1 Å². The number of rotatable bonds is 9. The van der Waals surface area contributed by atoms with Crippen LogP contribution in [0.2, 0.25) is 0 Å². The normalized spacial score (nSPS) is 13.2. The second-order valence-electron chi connectivity index (χ2n) is 3.34. The third-order valence-electron chi connectivity index (χ3n) is 2.01. The standard InChI is InChI=1S/C10H24N2O/c1-3-13-9-5-4-8-12-10(2)6-7-11/h10,12H,3-9,11H2,1-2H3. The summed E-state index contributed by atoms with van der Waals surface area (Å²) in [5, 5.41) is 3.42. The molecule has 0 amide bonds. The van der Waals surface area contributed by atoms with Crippen LogP contribution in [0.5, 0.6) is 0 Å². The molecule has 1 unspecified atom stereocenters. The van der Waals surface area contributed by atoms with Gasteiger partial charge in [0.1, 0.15) is 0 Å². The zero-order valence-electron chi connectivity index (χ0n) is 9.01. The fraction of sp³-hybridized carbons (Fsp3) is 1.00. The van der Waals surface area contributed by atoms with Gasteiger partial charge < -0.3 is 15.8 Å². The minimum atomic E-state index is 0.553. The Morgan fingerprint density at radius 1 is 1.38 bits per heavy atom. The summed E-state index contributed by atoms with van der Waals surface area (Å²) in [6.45, 7) is 7.78. The summed E-state index contributed by atoms with van der Waals surface area (Å²) >= 11 is 0. The summed E-state index contributed by atoms with van der Waals surface area (Å²) < 4.78 is 5.24. The van der Waals surface area contributed by atoms with Crippen molar-refractivity contribution in [2.24, 2.45) is 5.73 Å². The molecule has 0 aromatic carbocycles. The van der Waals surface area contributed by atoms with Crippen LogP contribution in [0.25, 0.3) is 0 Å². The Morgan fingerprint density at radius 3 is 2.77 bits per heavy atom. The molecule has 0 aliphatic heterocycles. The molecule has 0 aromatic heterocycles. The topological polar surface area (TPSA) is 47.3 Å². The third kappa shape index (κ3) is 9.80. The van der Waals surface area contributed by atoms with Crippen molar-refractivity contribution in [1.82, 2.24) is 5.32 Å². The van der Waals surface area contributed by atoms with E-state index >= 15 is 0 Å². The minimum Gasteiger partial charge on any atom is -0.382 e. The van der Waals surface area contributed by atoms with E-state index in [1.807, 2.05) is 6.92 Å². The van der Waals surface area contributed by atoms with Gasteiger partial charge in [0.2, 0.25) is 0 Å². The van der Waals surface area contributed by atoms with Gasteiger partial charge in [-0.25, -0.2) is 0 Å². The molecular formula is C10H24N2O. The lowest BCUT2D eigenvalue weighted by atomic mass is 10.2. The smallest absolute Gasteiger partial charge is 0.0466 e. The quantitative estimate of drug-likeness (QED) is 0.533. The Bertz CT molecular complexity index is 98.9. The highest BCUT2D eigenvalue weighted by atomic mass is 16.5. The van der Waals surface area contributed by atoms with Gasteiger partial charge in [0, 0.05) is 19.3 Å². The van der Waals surface area contributed by atoms with Crippen LogP contribution in [0, 0.1) is 0 Å². The van der Waals surface area contributed by atoms with E-state index in [9.17, 15) is 0 Å². The Hall–Kier alpha value is -0.120. The average Bonchev–Trinajstić information content (AvgIpc) is 2.11. The third-order valence-corrected chi connectivity index (χ3v) is 2.01. The van der Waals surface area contributed by atoms with E-state index < -0.39 is 0 Å². The second kappa shape index (κ2) is 9.96. The Morgan fingerprint density at radius 2 is 2.15 bits per heavy atom. The van der Waals surface area contributed by atoms with Gasteiger partial charge in [-0.05, 0) is 46.2 Å². The number of nitrogens with one attached hydrogen (secondary N) is 1. The molecule has 0 heterocycles. The van der Waals surface area contributed by atoms with Crippen LogP contribution in [-0.4, -0.2) is 32.3 Å². The molecule has 0 fully saturated rings. The zero-order chi connectivity index (χ0) is 9.94. The van der Waals surface area contributed by atoms with Crippen molar-refractivity contribution in [2.75, 3.05) is 26.3 Å².